The minimum absolute atomic E-state index is 0.0512. The number of hydrogen-bond donors (Lipinski definition) is 1. The Labute approximate surface area is 165 Å². The van der Waals surface area contributed by atoms with E-state index < -0.39 is 10.0 Å². The van der Waals surface area contributed by atoms with E-state index in [1.807, 2.05) is 31.2 Å². The van der Waals surface area contributed by atoms with Gasteiger partial charge in [0.25, 0.3) is 0 Å². The summed E-state index contributed by atoms with van der Waals surface area (Å²) >= 11 is 0. The van der Waals surface area contributed by atoms with Crippen LogP contribution in [0.4, 0.5) is 0 Å². The fraction of sp³-hybridized carbons (Fsp3) is 0.400. The first-order chi connectivity index (χ1) is 13.5. The molecule has 1 saturated heterocycles. The molecule has 3 rings (SSSR count). The number of pyridine rings is 1. The number of ether oxygens (including phenoxy) is 1. The Morgan fingerprint density at radius 1 is 1.21 bits per heavy atom. The minimum Gasteiger partial charge on any atom is -0.494 e. The number of benzene rings is 1. The Balaban J connectivity index is 1.54. The SMILES string of the molecule is CCOc1ccccc1CNC(=O)C1CCN(S(=O)(=O)c2cccnc2)CC1. The van der Waals surface area contributed by atoms with Gasteiger partial charge in [0.1, 0.15) is 10.6 Å². The van der Waals surface area contributed by atoms with Crippen LogP contribution in [0.1, 0.15) is 25.3 Å². The van der Waals surface area contributed by atoms with Gasteiger partial charge in [0, 0.05) is 43.5 Å². The van der Waals surface area contributed by atoms with Crippen molar-refractivity contribution in [3.63, 3.8) is 0 Å². The van der Waals surface area contributed by atoms with E-state index in [0.29, 0.717) is 39.1 Å². The molecule has 1 fully saturated rings. The number of sulfonamides is 1. The zero-order chi connectivity index (χ0) is 20.0. The Hall–Kier alpha value is -2.45. The van der Waals surface area contributed by atoms with E-state index in [1.54, 1.807) is 12.3 Å². The Morgan fingerprint density at radius 2 is 1.96 bits per heavy atom. The molecule has 28 heavy (non-hydrogen) atoms. The van der Waals surface area contributed by atoms with Gasteiger partial charge in [-0.1, -0.05) is 18.2 Å². The number of nitrogens with zero attached hydrogens (tertiary/aromatic N) is 2. The maximum absolute atomic E-state index is 12.6. The predicted octanol–water partition coefficient (Wildman–Crippen LogP) is 2.20. The summed E-state index contributed by atoms with van der Waals surface area (Å²) < 4.78 is 32.3. The molecule has 8 heteroatoms. The summed E-state index contributed by atoms with van der Waals surface area (Å²) in [6, 6.07) is 10.8. The van der Waals surface area contributed by atoms with Crippen LogP contribution in [-0.2, 0) is 21.4 Å². The van der Waals surface area contributed by atoms with Gasteiger partial charge in [0.15, 0.2) is 0 Å². The number of rotatable bonds is 7. The van der Waals surface area contributed by atoms with Gasteiger partial charge in [-0.05, 0) is 38.0 Å². The molecule has 0 atom stereocenters. The molecule has 0 bridgehead atoms. The van der Waals surface area contributed by atoms with Gasteiger partial charge in [-0.2, -0.15) is 4.31 Å². The van der Waals surface area contributed by atoms with E-state index in [9.17, 15) is 13.2 Å². The molecule has 1 N–H and O–H groups in total. The number of aromatic nitrogens is 1. The van der Waals surface area contributed by atoms with Crippen LogP contribution in [0, 0.1) is 5.92 Å². The zero-order valence-corrected chi connectivity index (χ0v) is 16.7. The summed E-state index contributed by atoms with van der Waals surface area (Å²) in [5, 5.41) is 2.96. The molecule has 0 saturated carbocycles. The van der Waals surface area contributed by atoms with E-state index in [-0.39, 0.29) is 16.7 Å². The summed E-state index contributed by atoms with van der Waals surface area (Å²) in [6.07, 6.45) is 3.89. The van der Waals surface area contributed by atoms with Crippen LogP contribution in [0.15, 0.2) is 53.7 Å². The lowest BCUT2D eigenvalue weighted by Gasteiger charge is -2.30. The van der Waals surface area contributed by atoms with Crippen molar-refractivity contribution in [2.24, 2.45) is 5.92 Å². The Bertz CT molecular complexity index is 895. The molecule has 150 valence electrons. The van der Waals surface area contributed by atoms with Gasteiger partial charge in [-0.15, -0.1) is 0 Å². The number of carbonyl (C=O) groups is 1. The maximum atomic E-state index is 12.6. The van der Waals surface area contributed by atoms with Crippen molar-refractivity contribution < 1.29 is 17.9 Å². The van der Waals surface area contributed by atoms with E-state index >= 15 is 0 Å². The highest BCUT2D eigenvalue weighted by atomic mass is 32.2. The van der Waals surface area contributed by atoms with Crippen LogP contribution >= 0.6 is 0 Å². The zero-order valence-electron chi connectivity index (χ0n) is 15.9. The molecule has 1 aromatic carbocycles. The van der Waals surface area contributed by atoms with Crippen LogP contribution in [-0.4, -0.2) is 43.3 Å². The van der Waals surface area contributed by atoms with E-state index in [4.69, 9.17) is 4.74 Å². The number of piperidine rings is 1. The van der Waals surface area contributed by atoms with Gasteiger partial charge >= 0.3 is 0 Å². The van der Waals surface area contributed by atoms with Crippen molar-refractivity contribution >= 4 is 15.9 Å². The average Bonchev–Trinajstić information content (AvgIpc) is 2.74. The fourth-order valence-electron chi connectivity index (χ4n) is 3.28. The largest absolute Gasteiger partial charge is 0.494 e. The highest BCUT2D eigenvalue weighted by Gasteiger charge is 2.32. The Kier molecular flexibility index (Phi) is 6.64. The number of nitrogens with one attached hydrogen (secondary N) is 1. The summed E-state index contributed by atoms with van der Waals surface area (Å²) in [6.45, 7) is 3.52. The van der Waals surface area contributed by atoms with Crippen LogP contribution < -0.4 is 10.1 Å². The monoisotopic (exact) mass is 403 g/mol. The molecule has 0 unspecified atom stereocenters. The van der Waals surface area contributed by atoms with Gasteiger partial charge in [0.05, 0.1) is 6.61 Å². The number of para-hydroxylation sites is 1. The normalized spacial score (nSPS) is 15.9. The van der Waals surface area contributed by atoms with Gasteiger partial charge in [-0.25, -0.2) is 8.42 Å². The first kappa shape index (κ1) is 20.3. The second-order valence-electron chi connectivity index (χ2n) is 6.63. The molecule has 1 aliphatic heterocycles. The van der Waals surface area contributed by atoms with E-state index in [2.05, 4.69) is 10.3 Å². The lowest BCUT2D eigenvalue weighted by Crippen LogP contribution is -2.42. The van der Waals surface area contributed by atoms with Crippen LogP contribution in [0.2, 0.25) is 0 Å². The second-order valence-corrected chi connectivity index (χ2v) is 8.56. The first-order valence-electron chi connectivity index (χ1n) is 9.41. The summed E-state index contributed by atoms with van der Waals surface area (Å²) in [4.78, 5) is 16.6. The fourth-order valence-corrected chi connectivity index (χ4v) is 4.71. The molecule has 0 radical (unpaired) electrons. The predicted molar refractivity (Wildman–Crippen MR) is 105 cm³/mol. The van der Waals surface area contributed by atoms with Crippen LogP contribution in [0.25, 0.3) is 0 Å². The highest BCUT2D eigenvalue weighted by molar-refractivity contribution is 7.89. The van der Waals surface area contributed by atoms with Gasteiger partial charge in [0.2, 0.25) is 15.9 Å². The molecular weight excluding hydrogens is 378 g/mol. The molecule has 1 aliphatic rings. The maximum Gasteiger partial charge on any atom is 0.244 e. The molecule has 1 amide bonds. The number of hydrogen-bond acceptors (Lipinski definition) is 5. The minimum atomic E-state index is -3.56. The quantitative estimate of drug-likeness (QED) is 0.766. The third-order valence-electron chi connectivity index (χ3n) is 4.82. The second kappa shape index (κ2) is 9.16. The third-order valence-corrected chi connectivity index (χ3v) is 6.70. The average molecular weight is 404 g/mol. The van der Waals surface area contributed by atoms with Crippen LogP contribution in [0.5, 0.6) is 5.75 Å². The van der Waals surface area contributed by atoms with Crippen molar-refractivity contribution in [3.8, 4) is 5.75 Å². The molecule has 0 aliphatic carbocycles. The Morgan fingerprint density at radius 3 is 2.64 bits per heavy atom. The summed E-state index contributed by atoms with van der Waals surface area (Å²) in [7, 11) is -3.56. The van der Waals surface area contributed by atoms with E-state index in [0.717, 1.165) is 11.3 Å². The van der Waals surface area contributed by atoms with Crippen LogP contribution in [0.3, 0.4) is 0 Å². The van der Waals surface area contributed by atoms with Crippen molar-refractivity contribution in [1.29, 1.82) is 0 Å². The smallest absolute Gasteiger partial charge is 0.244 e. The molecule has 7 nitrogen and oxygen atoms in total. The lowest BCUT2D eigenvalue weighted by atomic mass is 9.97. The lowest BCUT2D eigenvalue weighted by molar-refractivity contribution is -0.126. The van der Waals surface area contributed by atoms with Gasteiger partial charge in [-0.3, -0.25) is 9.78 Å². The number of amides is 1. The molecule has 2 heterocycles. The number of carbonyl (C=O) groups excluding carboxylic acids is 1. The molecular formula is C20H25N3O4S. The van der Waals surface area contributed by atoms with Gasteiger partial charge < -0.3 is 10.1 Å². The van der Waals surface area contributed by atoms with Crippen molar-refractivity contribution in [2.45, 2.75) is 31.2 Å². The summed E-state index contributed by atoms with van der Waals surface area (Å²) in [5.41, 5.74) is 0.925. The van der Waals surface area contributed by atoms with Crippen molar-refractivity contribution in [1.82, 2.24) is 14.6 Å². The third kappa shape index (κ3) is 4.69. The first-order valence-corrected chi connectivity index (χ1v) is 10.8. The standard InChI is InChI=1S/C20H25N3O4S/c1-2-27-19-8-4-3-6-17(19)14-22-20(24)16-9-12-23(13-10-16)28(25,26)18-7-5-11-21-15-18/h3-8,11,15-16H,2,9-10,12-14H2,1H3,(H,22,24). The van der Waals surface area contributed by atoms with Crippen molar-refractivity contribution in [3.05, 3.63) is 54.4 Å². The topological polar surface area (TPSA) is 88.6 Å². The van der Waals surface area contributed by atoms with E-state index in [1.165, 1.54) is 16.6 Å². The summed E-state index contributed by atoms with van der Waals surface area (Å²) in [5.74, 6) is 0.520. The highest BCUT2D eigenvalue weighted by Crippen LogP contribution is 2.24. The molecule has 2 aromatic rings. The molecule has 1 aromatic heterocycles. The van der Waals surface area contributed by atoms with Crippen molar-refractivity contribution in [2.75, 3.05) is 19.7 Å². The molecule has 0 spiro atoms.